The van der Waals surface area contributed by atoms with Gasteiger partial charge in [0.15, 0.2) is 11.8 Å². The van der Waals surface area contributed by atoms with Crippen molar-refractivity contribution in [2.75, 3.05) is 19.6 Å². The van der Waals surface area contributed by atoms with E-state index in [4.69, 9.17) is 4.99 Å². The maximum absolute atomic E-state index is 4.89. The number of aryl methyl sites for hydroxylation is 1. The molecule has 7 heteroatoms. The van der Waals surface area contributed by atoms with E-state index in [-0.39, 0.29) is 24.0 Å². The first-order valence-electron chi connectivity index (χ1n) is 10.1. The van der Waals surface area contributed by atoms with Crippen LogP contribution in [0.3, 0.4) is 0 Å². The van der Waals surface area contributed by atoms with Gasteiger partial charge < -0.3 is 14.8 Å². The van der Waals surface area contributed by atoms with Crippen molar-refractivity contribution in [3.63, 3.8) is 0 Å². The highest BCUT2D eigenvalue weighted by Gasteiger charge is 2.36. The summed E-state index contributed by atoms with van der Waals surface area (Å²) in [5.74, 6) is 2.82. The van der Waals surface area contributed by atoms with E-state index in [2.05, 4.69) is 27.0 Å². The molecular weight excluding hydrogens is 451 g/mol. The number of aromatic nitrogens is 3. The van der Waals surface area contributed by atoms with Gasteiger partial charge in [0.25, 0.3) is 0 Å². The summed E-state index contributed by atoms with van der Waals surface area (Å²) in [6.45, 7) is 9.33. The van der Waals surface area contributed by atoms with Gasteiger partial charge in [-0.3, -0.25) is 0 Å². The molecule has 0 atom stereocenters. The van der Waals surface area contributed by atoms with Crippen molar-refractivity contribution in [1.29, 1.82) is 0 Å². The molecule has 1 saturated carbocycles. The van der Waals surface area contributed by atoms with E-state index in [9.17, 15) is 0 Å². The maximum atomic E-state index is 4.89. The van der Waals surface area contributed by atoms with Crippen molar-refractivity contribution < 1.29 is 0 Å². The Morgan fingerprint density at radius 1 is 1.19 bits per heavy atom. The van der Waals surface area contributed by atoms with Crippen LogP contribution in [0.2, 0.25) is 0 Å². The fraction of sp³-hybridized carbons (Fsp3) is 0.750. The van der Waals surface area contributed by atoms with Gasteiger partial charge in [0.2, 0.25) is 0 Å². The van der Waals surface area contributed by atoms with Crippen LogP contribution in [0, 0.1) is 12.3 Å². The third-order valence-corrected chi connectivity index (χ3v) is 6.08. The average Bonchev–Trinajstić information content (AvgIpc) is 2.84. The van der Waals surface area contributed by atoms with Gasteiger partial charge >= 0.3 is 0 Å². The van der Waals surface area contributed by atoms with E-state index in [1.807, 2.05) is 24.6 Å². The molecule has 2 aliphatic rings. The highest BCUT2D eigenvalue weighted by atomic mass is 127. The molecule has 1 aliphatic carbocycles. The van der Waals surface area contributed by atoms with Crippen molar-refractivity contribution in [2.45, 2.75) is 64.8 Å². The predicted octanol–water partition coefficient (Wildman–Crippen LogP) is 3.81. The minimum Gasteiger partial charge on any atom is -0.353 e. The number of hydrogen-bond donors (Lipinski definition) is 1. The molecule has 2 fully saturated rings. The smallest absolute Gasteiger partial charge is 0.194 e. The first-order chi connectivity index (χ1) is 12.6. The number of likely N-dealkylation sites (tertiary alicyclic amines) is 1. The topological polar surface area (TPSA) is 58.3 Å². The first-order valence-corrected chi connectivity index (χ1v) is 10.1. The summed E-state index contributed by atoms with van der Waals surface area (Å²) in [4.78, 5) is 7.36. The van der Waals surface area contributed by atoms with E-state index in [1.54, 1.807) is 0 Å². The van der Waals surface area contributed by atoms with Crippen molar-refractivity contribution in [3.05, 3.63) is 24.3 Å². The molecule has 2 heterocycles. The molecule has 3 rings (SSSR count). The number of halogens is 1. The van der Waals surface area contributed by atoms with Crippen molar-refractivity contribution in [3.8, 4) is 0 Å². The van der Waals surface area contributed by atoms with Crippen molar-refractivity contribution in [2.24, 2.45) is 17.5 Å². The Morgan fingerprint density at radius 2 is 1.89 bits per heavy atom. The maximum Gasteiger partial charge on any atom is 0.194 e. The van der Waals surface area contributed by atoms with Crippen LogP contribution < -0.4 is 5.32 Å². The van der Waals surface area contributed by atoms with Crippen LogP contribution in [-0.4, -0.2) is 45.3 Å². The van der Waals surface area contributed by atoms with Crippen LogP contribution in [0.4, 0.5) is 0 Å². The second kappa shape index (κ2) is 10.4. The van der Waals surface area contributed by atoms with Gasteiger partial charge in [-0.05, 0) is 38.0 Å². The van der Waals surface area contributed by atoms with Crippen LogP contribution in [0.15, 0.2) is 17.6 Å². The zero-order valence-corrected chi connectivity index (χ0v) is 19.2. The standard InChI is InChI=1S/C20H34N6.HI/c1-4-13-21-19(22-15-18-24-23-17(2)25(18)3)26-14-9-12-20(16-26)10-7-5-6-8-11-20;/h4H,1,5-16H2,2-3H3,(H,21,22);1H. The zero-order valence-electron chi connectivity index (χ0n) is 16.9. The van der Waals surface area contributed by atoms with Crippen LogP contribution in [0.5, 0.6) is 0 Å². The number of rotatable bonds is 4. The summed E-state index contributed by atoms with van der Waals surface area (Å²) in [6, 6.07) is 0. The molecule has 0 amide bonds. The number of guanidine groups is 1. The molecule has 0 aromatic carbocycles. The fourth-order valence-corrected chi connectivity index (χ4v) is 4.44. The van der Waals surface area contributed by atoms with Crippen LogP contribution in [0.1, 0.15) is 63.0 Å². The Bertz CT molecular complexity index is 630. The minimum atomic E-state index is 0. The van der Waals surface area contributed by atoms with Gasteiger partial charge in [0.05, 0.1) is 0 Å². The summed E-state index contributed by atoms with van der Waals surface area (Å²) in [7, 11) is 2.00. The van der Waals surface area contributed by atoms with Crippen LogP contribution >= 0.6 is 24.0 Å². The van der Waals surface area contributed by atoms with Gasteiger partial charge in [0, 0.05) is 26.7 Å². The quantitative estimate of drug-likeness (QED) is 0.305. The Hall–Kier alpha value is -1.12. The third-order valence-electron chi connectivity index (χ3n) is 6.08. The lowest BCUT2D eigenvalue weighted by molar-refractivity contribution is 0.115. The summed E-state index contributed by atoms with van der Waals surface area (Å²) in [6.07, 6.45) is 12.9. The Labute approximate surface area is 180 Å². The zero-order chi connectivity index (χ0) is 18.4. The van der Waals surface area contributed by atoms with E-state index in [0.29, 0.717) is 12.0 Å². The largest absolute Gasteiger partial charge is 0.353 e. The number of nitrogens with zero attached hydrogens (tertiary/aromatic N) is 5. The number of aliphatic imine (C=N–C) groups is 1. The lowest BCUT2D eigenvalue weighted by Crippen LogP contribution is -2.50. The molecule has 0 bridgehead atoms. The minimum absolute atomic E-state index is 0. The lowest BCUT2D eigenvalue weighted by atomic mass is 9.74. The monoisotopic (exact) mass is 486 g/mol. The van der Waals surface area contributed by atoms with Gasteiger partial charge in [-0.2, -0.15) is 0 Å². The van der Waals surface area contributed by atoms with Crippen molar-refractivity contribution in [1.82, 2.24) is 25.0 Å². The molecule has 1 saturated heterocycles. The Balaban J connectivity index is 0.00000261. The highest BCUT2D eigenvalue weighted by molar-refractivity contribution is 14.0. The second-order valence-corrected chi connectivity index (χ2v) is 7.97. The summed E-state index contributed by atoms with van der Waals surface area (Å²) < 4.78 is 2.01. The molecule has 27 heavy (non-hydrogen) atoms. The molecule has 1 N–H and O–H groups in total. The molecular formula is C20H35IN6. The molecule has 1 aromatic heterocycles. The van der Waals surface area contributed by atoms with Gasteiger partial charge in [-0.25, -0.2) is 4.99 Å². The van der Waals surface area contributed by atoms with Crippen LogP contribution in [-0.2, 0) is 13.6 Å². The first kappa shape index (κ1) is 22.2. The third kappa shape index (κ3) is 5.68. The molecule has 0 unspecified atom stereocenters. The average molecular weight is 486 g/mol. The van der Waals surface area contributed by atoms with E-state index < -0.39 is 0 Å². The normalized spacial score (nSPS) is 20.1. The summed E-state index contributed by atoms with van der Waals surface area (Å²) in [5.41, 5.74) is 0.493. The highest BCUT2D eigenvalue weighted by Crippen LogP contribution is 2.42. The molecule has 1 aliphatic heterocycles. The van der Waals surface area contributed by atoms with E-state index in [1.165, 1.54) is 51.4 Å². The SMILES string of the molecule is C=CCNC(=NCc1nnc(C)n1C)N1CCCC2(CCCCCC2)C1.I. The van der Waals surface area contributed by atoms with Crippen LogP contribution in [0.25, 0.3) is 0 Å². The van der Waals surface area contributed by atoms with E-state index in [0.717, 1.165) is 37.2 Å². The lowest BCUT2D eigenvalue weighted by Gasteiger charge is -2.44. The van der Waals surface area contributed by atoms with E-state index >= 15 is 0 Å². The number of piperidine rings is 1. The molecule has 0 radical (unpaired) electrons. The van der Waals surface area contributed by atoms with Gasteiger partial charge in [0.1, 0.15) is 12.4 Å². The summed E-state index contributed by atoms with van der Waals surface area (Å²) >= 11 is 0. The Morgan fingerprint density at radius 3 is 2.52 bits per heavy atom. The summed E-state index contributed by atoms with van der Waals surface area (Å²) in [5, 5.41) is 11.9. The number of nitrogens with one attached hydrogen (secondary N) is 1. The molecule has 152 valence electrons. The van der Waals surface area contributed by atoms with Gasteiger partial charge in [-0.15, -0.1) is 40.8 Å². The van der Waals surface area contributed by atoms with Crippen molar-refractivity contribution >= 4 is 29.9 Å². The predicted molar refractivity (Wildman–Crippen MR) is 121 cm³/mol. The molecule has 1 spiro atoms. The fourth-order valence-electron chi connectivity index (χ4n) is 4.44. The molecule has 6 nitrogen and oxygen atoms in total. The number of hydrogen-bond acceptors (Lipinski definition) is 3. The van der Waals surface area contributed by atoms with Gasteiger partial charge in [-0.1, -0.05) is 31.8 Å². The Kier molecular flexibility index (Phi) is 8.57. The second-order valence-electron chi connectivity index (χ2n) is 7.97. The molecule has 1 aromatic rings.